The van der Waals surface area contributed by atoms with Crippen LogP contribution in [0, 0.1) is 0 Å². The molecule has 1 aromatic heterocycles. The fourth-order valence-electron chi connectivity index (χ4n) is 3.38. The first-order chi connectivity index (χ1) is 15.7. The number of benzene rings is 3. The molecular weight excluding hydrogens is 473 g/mol. The Morgan fingerprint density at radius 3 is 2.48 bits per heavy atom. The molecule has 0 fully saturated rings. The molecule has 0 atom stereocenters. The molecule has 1 amide bonds. The highest BCUT2D eigenvalue weighted by Crippen LogP contribution is 2.36. The molecule has 1 heterocycles. The number of amides is 1. The van der Waals surface area contributed by atoms with E-state index < -0.39 is 17.6 Å². The van der Waals surface area contributed by atoms with Crippen LogP contribution in [0.5, 0.6) is 0 Å². The van der Waals surface area contributed by atoms with Crippen LogP contribution in [0.25, 0.3) is 22.0 Å². The zero-order valence-electron chi connectivity index (χ0n) is 16.9. The highest BCUT2D eigenvalue weighted by atomic mass is 35.5. The van der Waals surface area contributed by atoms with E-state index in [0.29, 0.717) is 26.4 Å². The van der Waals surface area contributed by atoms with Gasteiger partial charge < -0.3 is 10.3 Å². The standard InChI is InChI=1S/C24H16ClF3N2O2S/c25-16-9-10-19-18(12-16)21(14-5-2-1-3-6-14)22(23(32)30-19)33-13-20(31)29-17-8-4-7-15(11-17)24(26,27)28/h1-12H,13H2,(H,29,31)(H,30,32). The van der Waals surface area contributed by atoms with Gasteiger partial charge in [-0.1, -0.05) is 48.0 Å². The molecule has 4 nitrogen and oxygen atoms in total. The van der Waals surface area contributed by atoms with Crippen molar-refractivity contribution in [1.29, 1.82) is 0 Å². The normalized spacial score (nSPS) is 11.5. The lowest BCUT2D eigenvalue weighted by Crippen LogP contribution is -2.17. The van der Waals surface area contributed by atoms with Crippen LogP contribution in [-0.2, 0) is 11.0 Å². The molecule has 0 saturated carbocycles. The predicted molar refractivity (Wildman–Crippen MR) is 126 cm³/mol. The van der Waals surface area contributed by atoms with Gasteiger partial charge in [0.05, 0.1) is 16.2 Å². The van der Waals surface area contributed by atoms with Gasteiger partial charge in [0.2, 0.25) is 5.91 Å². The third kappa shape index (κ3) is 5.23. The number of anilines is 1. The quantitative estimate of drug-likeness (QED) is 0.311. The predicted octanol–water partition coefficient (Wildman–Crippen LogP) is 6.60. The molecule has 4 rings (SSSR count). The minimum atomic E-state index is -4.51. The Bertz CT molecular complexity index is 1390. The lowest BCUT2D eigenvalue weighted by Gasteiger charge is -2.13. The number of halogens is 4. The lowest BCUT2D eigenvalue weighted by molar-refractivity contribution is -0.137. The van der Waals surface area contributed by atoms with Gasteiger partial charge in [-0.15, -0.1) is 11.8 Å². The molecule has 4 aromatic rings. The number of nitrogens with one attached hydrogen (secondary N) is 2. The van der Waals surface area contributed by atoms with Gasteiger partial charge in [-0.05, 0) is 42.0 Å². The van der Waals surface area contributed by atoms with Gasteiger partial charge in [0, 0.05) is 27.2 Å². The molecular formula is C24H16ClF3N2O2S. The van der Waals surface area contributed by atoms with Crippen LogP contribution >= 0.6 is 23.4 Å². The second kappa shape index (κ2) is 9.33. The molecule has 9 heteroatoms. The van der Waals surface area contributed by atoms with Crippen LogP contribution in [0.3, 0.4) is 0 Å². The monoisotopic (exact) mass is 488 g/mol. The molecule has 168 valence electrons. The topological polar surface area (TPSA) is 62.0 Å². The number of carbonyl (C=O) groups excluding carboxylic acids is 1. The number of thioether (sulfide) groups is 1. The molecule has 33 heavy (non-hydrogen) atoms. The summed E-state index contributed by atoms with van der Waals surface area (Å²) in [5.74, 6) is -0.713. The van der Waals surface area contributed by atoms with Gasteiger partial charge in [0.1, 0.15) is 0 Å². The number of fused-ring (bicyclic) bond motifs is 1. The van der Waals surface area contributed by atoms with E-state index >= 15 is 0 Å². The summed E-state index contributed by atoms with van der Waals surface area (Å²) in [5, 5.41) is 3.66. The fraction of sp³-hybridized carbons (Fsp3) is 0.0833. The minimum Gasteiger partial charge on any atom is -0.325 e. The summed E-state index contributed by atoms with van der Waals surface area (Å²) in [4.78, 5) is 28.5. The number of rotatable bonds is 5. The first-order valence-electron chi connectivity index (χ1n) is 9.73. The average molecular weight is 489 g/mol. The second-order valence-electron chi connectivity index (χ2n) is 7.13. The summed E-state index contributed by atoms with van der Waals surface area (Å²) in [7, 11) is 0. The SMILES string of the molecule is O=C(CSc1c(-c2ccccc2)c2cc(Cl)ccc2[nH]c1=O)Nc1cccc(C(F)(F)F)c1. The molecule has 2 N–H and O–H groups in total. The first kappa shape index (κ1) is 22.9. The first-order valence-corrected chi connectivity index (χ1v) is 11.1. The van der Waals surface area contributed by atoms with Gasteiger partial charge in [0.15, 0.2) is 0 Å². The molecule has 0 aliphatic heterocycles. The Morgan fingerprint density at radius 2 is 1.76 bits per heavy atom. The second-order valence-corrected chi connectivity index (χ2v) is 8.55. The van der Waals surface area contributed by atoms with Crippen LogP contribution in [0.1, 0.15) is 5.56 Å². The maximum atomic E-state index is 12.9. The molecule has 0 unspecified atom stereocenters. The Hall–Kier alpha value is -3.23. The number of alkyl halides is 3. The third-order valence-corrected chi connectivity index (χ3v) is 6.14. The lowest BCUT2D eigenvalue weighted by atomic mass is 10.0. The Morgan fingerprint density at radius 1 is 1.00 bits per heavy atom. The largest absolute Gasteiger partial charge is 0.416 e. The van der Waals surface area contributed by atoms with Crippen molar-refractivity contribution in [2.75, 3.05) is 11.1 Å². The van der Waals surface area contributed by atoms with Crippen LogP contribution in [0.4, 0.5) is 18.9 Å². The Balaban J connectivity index is 1.65. The number of hydrogen-bond donors (Lipinski definition) is 2. The fourth-order valence-corrected chi connectivity index (χ4v) is 4.46. The summed E-state index contributed by atoms with van der Waals surface area (Å²) in [6.07, 6.45) is -4.51. The van der Waals surface area contributed by atoms with E-state index in [1.54, 1.807) is 18.2 Å². The number of pyridine rings is 1. The molecule has 0 bridgehead atoms. The van der Waals surface area contributed by atoms with Crippen LogP contribution in [-0.4, -0.2) is 16.6 Å². The van der Waals surface area contributed by atoms with Gasteiger partial charge in [-0.25, -0.2) is 0 Å². The van der Waals surface area contributed by atoms with Gasteiger partial charge in [-0.2, -0.15) is 13.2 Å². The summed E-state index contributed by atoms with van der Waals surface area (Å²) < 4.78 is 38.7. The summed E-state index contributed by atoms with van der Waals surface area (Å²) in [6, 6.07) is 18.7. The van der Waals surface area contributed by atoms with Crippen molar-refractivity contribution < 1.29 is 18.0 Å². The summed E-state index contributed by atoms with van der Waals surface area (Å²) in [6.45, 7) is 0. The highest BCUT2D eigenvalue weighted by molar-refractivity contribution is 8.00. The van der Waals surface area contributed by atoms with Crippen molar-refractivity contribution in [3.8, 4) is 11.1 Å². The van der Waals surface area contributed by atoms with E-state index in [0.717, 1.165) is 29.5 Å². The van der Waals surface area contributed by atoms with Gasteiger partial charge >= 0.3 is 6.18 Å². The van der Waals surface area contributed by atoms with E-state index in [9.17, 15) is 22.8 Å². The molecule has 0 spiro atoms. The molecule has 0 aliphatic rings. The molecule has 0 radical (unpaired) electrons. The molecule has 0 aliphatic carbocycles. The third-order valence-electron chi connectivity index (χ3n) is 4.82. The number of hydrogen-bond acceptors (Lipinski definition) is 3. The number of carbonyl (C=O) groups is 1. The highest BCUT2D eigenvalue weighted by Gasteiger charge is 2.30. The van der Waals surface area contributed by atoms with Crippen molar-refractivity contribution in [3.05, 3.63) is 93.7 Å². The van der Waals surface area contributed by atoms with Gasteiger partial charge in [-0.3, -0.25) is 9.59 Å². The van der Waals surface area contributed by atoms with Gasteiger partial charge in [0.25, 0.3) is 5.56 Å². The van der Waals surface area contributed by atoms with Crippen molar-refractivity contribution in [1.82, 2.24) is 4.98 Å². The summed E-state index contributed by atoms with van der Waals surface area (Å²) >= 11 is 7.20. The zero-order valence-corrected chi connectivity index (χ0v) is 18.4. The Kier molecular flexibility index (Phi) is 6.49. The number of H-pyrrole nitrogens is 1. The number of aromatic amines is 1. The smallest absolute Gasteiger partial charge is 0.325 e. The van der Waals surface area contributed by atoms with E-state index in [2.05, 4.69) is 10.3 Å². The van der Waals surface area contributed by atoms with Crippen molar-refractivity contribution in [2.45, 2.75) is 11.1 Å². The molecule has 3 aromatic carbocycles. The van der Waals surface area contributed by atoms with E-state index in [1.165, 1.54) is 12.1 Å². The van der Waals surface area contributed by atoms with E-state index in [1.807, 2.05) is 30.3 Å². The van der Waals surface area contributed by atoms with Crippen molar-refractivity contribution in [3.63, 3.8) is 0 Å². The van der Waals surface area contributed by atoms with Crippen LogP contribution < -0.4 is 10.9 Å². The van der Waals surface area contributed by atoms with E-state index in [4.69, 9.17) is 11.6 Å². The average Bonchev–Trinajstić information content (AvgIpc) is 2.78. The zero-order chi connectivity index (χ0) is 23.6. The van der Waals surface area contributed by atoms with Crippen molar-refractivity contribution >= 4 is 45.9 Å². The maximum absolute atomic E-state index is 12.9. The van der Waals surface area contributed by atoms with Crippen LogP contribution in [0.2, 0.25) is 5.02 Å². The van der Waals surface area contributed by atoms with Crippen molar-refractivity contribution in [2.24, 2.45) is 0 Å². The van der Waals surface area contributed by atoms with Crippen LogP contribution in [0.15, 0.2) is 82.5 Å². The number of aromatic nitrogens is 1. The van der Waals surface area contributed by atoms with E-state index in [-0.39, 0.29) is 17.0 Å². The summed E-state index contributed by atoms with van der Waals surface area (Å²) in [5.41, 5.74) is 0.798. The molecule has 0 saturated heterocycles. The Labute approximate surface area is 195 Å². The minimum absolute atomic E-state index is 0.0258. The maximum Gasteiger partial charge on any atom is 0.416 e.